The fourth-order valence-corrected chi connectivity index (χ4v) is 2.56. The van der Waals surface area contributed by atoms with Gasteiger partial charge < -0.3 is 10.1 Å². The number of rotatable bonds is 7. The number of carbonyl (C=O) groups excluding carboxylic acids is 1. The summed E-state index contributed by atoms with van der Waals surface area (Å²) in [5.74, 6) is -0.311. The molecule has 0 aliphatic heterocycles. The highest BCUT2D eigenvalue weighted by Crippen LogP contribution is 2.34. The van der Waals surface area contributed by atoms with E-state index < -0.39 is 21.2 Å². The zero-order chi connectivity index (χ0) is 20.8. The van der Waals surface area contributed by atoms with Gasteiger partial charge in [-0.1, -0.05) is 36.4 Å². The predicted octanol–water partition coefficient (Wildman–Crippen LogP) is 4.23. The number of nitro benzene ring substituents is 2. The van der Waals surface area contributed by atoms with Crippen molar-refractivity contribution < 1.29 is 19.4 Å². The number of amides is 1. The summed E-state index contributed by atoms with van der Waals surface area (Å²) in [6, 6.07) is 18.6. The molecule has 3 aromatic rings. The van der Waals surface area contributed by atoms with E-state index in [4.69, 9.17) is 4.74 Å². The van der Waals surface area contributed by atoms with E-state index >= 15 is 0 Å². The van der Waals surface area contributed by atoms with Gasteiger partial charge in [0.05, 0.1) is 15.9 Å². The highest BCUT2D eigenvalue weighted by molar-refractivity contribution is 5.94. The quantitative estimate of drug-likeness (QED) is 0.473. The van der Waals surface area contributed by atoms with Crippen LogP contribution in [0, 0.1) is 20.2 Å². The highest BCUT2D eigenvalue weighted by atomic mass is 16.6. The molecule has 29 heavy (non-hydrogen) atoms. The molecule has 3 rings (SSSR count). The topological polar surface area (TPSA) is 125 Å². The lowest BCUT2D eigenvalue weighted by Crippen LogP contribution is -2.22. The van der Waals surface area contributed by atoms with Crippen molar-refractivity contribution in [3.63, 3.8) is 0 Å². The molecular weight excluding hydrogens is 378 g/mol. The molecule has 0 saturated carbocycles. The van der Waals surface area contributed by atoms with Gasteiger partial charge in [-0.15, -0.1) is 0 Å². The maximum Gasteiger partial charge on any atom is 0.318 e. The van der Waals surface area contributed by atoms with E-state index in [0.717, 1.165) is 23.8 Å². The number of benzene rings is 3. The third kappa shape index (κ3) is 4.92. The van der Waals surface area contributed by atoms with Crippen LogP contribution in [0.2, 0.25) is 0 Å². The number of nitro groups is 2. The standard InChI is InChI=1S/C20H15N3O6/c24-20(21-13-14-5-2-1-3-6-14)15-7-4-8-17(11-15)29-19-10-9-16(22(25)26)12-18(19)23(27)28/h1-12H,13H2,(H,21,24). The summed E-state index contributed by atoms with van der Waals surface area (Å²) in [4.78, 5) is 32.9. The molecule has 146 valence electrons. The Morgan fingerprint density at radius 2 is 1.66 bits per heavy atom. The van der Waals surface area contributed by atoms with Gasteiger partial charge in [0.25, 0.3) is 11.6 Å². The lowest BCUT2D eigenvalue weighted by molar-refractivity contribution is -0.394. The largest absolute Gasteiger partial charge is 0.450 e. The number of ether oxygens (including phenoxy) is 1. The van der Waals surface area contributed by atoms with E-state index in [-0.39, 0.29) is 17.4 Å². The summed E-state index contributed by atoms with van der Waals surface area (Å²) < 4.78 is 5.51. The zero-order valence-electron chi connectivity index (χ0n) is 15.0. The molecule has 9 nitrogen and oxygen atoms in total. The van der Waals surface area contributed by atoms with E-state index in [9.17, 15) is 25.0 Å². The minimum absolute atomic E-state index is 0.164. The Kier molecular flexibility index (Phi) is 5.79. The third-order valence-corrected chi connectivity index (χ3v) is 3.97. The smallest absolute Gasteiger partial charge is 0.318 e. The Bertz CT molecular complexity index is 1070. The van der Waals surface area contributed by atoms with Crippen LogP contribution in [-0.2, 0) is 6.54 Å². The Morgan fingerprint density at radius 1 is 0.897 bits per heavy atom. The van der Waals surface area contributed by atoms with Crippen molar-refractivity contribution in [1.82, 2.24) is 5.32 Å². The maximum atomic E-state index is 12.4. The number of hydrogen-bond donors (Lipinski definition) is 1. The van der Waals surface area contributed by atoms with Crippen LogP contribution in [0.3, 0.4) is 0 Å². The van der Waals surface area contributed by atoms with E-state index in [1.165, 1.54) is 12.1 Å². The average molecular weight is 393 g/mol. The molecule has 1 amide bonds. The molecule has 0 heterocycles. The first-order valence-corrected chi connectivity index (χ1v) is 8.47. The van der Waals surface area contributed by atoms with Gasteiger partial charge in [0, 0.05) is 18.2 Å². The molecule has 0 bridgehead atoms. The minimum atomic E-state index is -0.765. The molecule has 0 fully saturated rings. The van der Waals surface area contributed by atoms with Crippen molar-refractivity contribution in [1.29, 1.82) is 0 Å². The van der Waals surface area contributed by atoms with E-state index in [1.807, 2.05) is 30.3 Å². The maximum absolute atomic E-state index is 12.4. The lowest BCUT2D eigenvalue weighted by Gasteiger charge is -2.09. The lowest BCUT2D eigenvalue weighted by atomic mass is 10.2. The summed E-state index contributed by atoms with van der Waals surface area (Å²) in [6.45, 7) is 0.346. The van der Waals surface area contributed by atoms with Gasteiger partial charge in [-0.2, -0.15) is 0 Å². The first kappa shape index (κ1) is 19.5. The van der Waals surface area contributed by atoms with Gasteiger partial charge in [-0.3, -0.25) is 25.0 Å². The fraction of sp³-hybridized carbons (Fsp3) is 0.0500. The summed E-state index contributed by atoms with van der Waals surface area (Å²) in [5.41, 5.74) is 0.286. The van der Waals surface area contributed by atoms with Gasteiger partial charge in [0.1, 0.15) is 5.75 Å². The van der Waals surface area contributed by atoms with Gasteiger partial charge in [-0.05, 0) is 29.8 Å². The van der Waals surface area contributed by atoms with Gasteiger partial charge in [-0.25, -0.2) is 0 Å². The molecule has 0 radical (unpaired) electrons. The molecule has 0 aliphatic rings. The summed E-state index contributed by atoms with van der Waals surface area (Å²) >= 11 is 0. The molecule has 0 aliphatic carbocycles. The third-order valence-electron chi connectivity index (χ3n) is 3.97. The zero-order valence-corrected chi connectivity index (χ0v) is 15.0. The van der Waals surface area contributed by atoms with Crippen LogP contribution in [-0.4, -0.2) is 15.8 Å². The SMILES string of the molecule is O=C(NCc1ccccc1)c1cccc(Oc2ccc([N+](=O)[O-])cc2[N+](=O)[O-])c1. The van der Waals surface area contributed by atoms with Gasteiger partial charge >= 0.3 is 5.69 Å². The Labute approximate surface area is 164 Å². The first-order valence-electron chi connectivity index (χ1n) is 8.47. The normalized spacial score (nSPS) is 10.2. The molecule has 9 heteroatoms. The monoisotopic (exact) mass is 393 g/mol. The summed E-state index contributed by atoms with van der Waals surface area (Å²) in [7, 11) is 0. The van der Waals surface area contributed by atoms with Crippen LogP contribution in [0.5, 0.6) is 11.5 Å². The predicted molar refractivity (Wildman–Crippen MR) is 104 cm³/mol. The van der Waals surface area contributed by atoms with Gasteiger partial charge in [0.15, 0.2) is 0 Å². The fourth-order valence-electron chi connectivity index (χ4n) is 2.56. The molecule has 0 aromatic heterocycles. The molecule has 1 N–H and O–H groups in total. The van der Waals surface area contributed by atoms with Crippen molar-refractivity contribution in [2.24, 2.45) is 0 Å². The number of non-ortho nitro benzene ring substituents is 1. The van der Waals surface area contributed by atoms with E-state index in [0.29, 0.717) is 12.1 Å². The minimum Gasteiger partial charge on any atom is -0.450 e. The Hall–Kier alpha value is -4.27. The number of nitrogens with one attached hydrogen (secondary N) is 1. The first-order chi connectivity index (χ1) is 13.9. The number of hydrogen-bond acceptors (Lipinski definition) is 6. The molecule has 0 spiro atoms. The second-order valence-corrected chi connectivity index (χ2v) is 5.96. The Morgan fingerprint density at radius 3 is 2.34 bits per heavy atom. The van der Waals surface area contributed by atoms with Crippen LogP contribution in [0.4, 0.5) is 11.4 Å². The number of nitrogens with zero attached hydrogens (tertiary/aromatic N) is 2. The van der Waals surface area contributed by atoms with E-state index in [1.54, 1.807) is 12.1 Å². The summed E-state index contributed by atoms with van der Waals surface area (Å²) in [6.07, 6.45) is 0. The molecule has 0 unspecified atom stereocenters. The molecule has 0 saturated heterocycles. The molecule has 3 aromatic carbocycles. The van der Waals surface area contributed by atoms with Gasteiger partial charge in [0.2, 0.25) is 5.75 Å². The van der Waals surface area contributed by atoms with Crippen LogP contribution in [0.25, 0.3) is 0 Å². The van der Waals surface area contributed by atoms with Crippen molar-refractivity contribution in [2.75, 3.05) is 0 Å². The second-order valence-electron chi connectivity index (χ2n) is 5.96. The summed E-state index contributed by atoms with van der Waals surface area (Å²) in [5, 5.41) is 24.8. The van der Waals surface area contributed by atoms with Crippen molar-refractivity contribution >= 4 is 17.3 Å². The molecule has 0 atom stereocenters. The average Bonchev–Trinajstić information content (AvgIpc) is 2.73. The van der Waals surface area contributed by atoms with Crippen LogP contribution in [0.1, 0.15) is 15.9 Å². The van der Waals surface area contributed by atoms with Crippen molar-refractivity contribution in [2.45, 2.75) is 6.54 Å². The van der Waals surface area contributed by atoms with Crippen LogP contribution < -0.4 is 10.1 Å². The van der Waals surface area contributed by atoms with Crippen LogP contribution >= 0.6 is 0 Å². The van der Waals surface area contributed by atoms with Crippen LogP contribution in [0.15, 0.2) is 72.8 Å². The van der Waals surface area contributed by atoms with Crippen molar-refractivity contribution in [3.05, 3.63) is 104 Å². The van der Waals surface area contributed by atoms with Crippen molar-refractivity contribution in [3.8, 4) is 11.5 Å². The van der Waals surface area contributed by atoms with E-state index in [2.05, 4.69) is 5.32 Å². The molecular formula is C20H15N3O6. The Balaban J connectivity index is 1.77. The second kappa shape index (κ2) is 8.61. The number of carbonyl (C=O) groups is 1. The highest BCUT2D eigenvalue weighted by Gasteiger charge is 2.21.